The van der Waals surface area contributed by atoms with Crippen molar-refractivity contribution in [2.45, 2.75) is 20.8 Å². The Bertz CT molecular complexity index is 483. The molecule has 0 aliphatic carbocycles. The van der Waals surface area contributed by atoms with Crippen LogP contribution in [0.15, 0.2) is 18.5 Å². The number of ether oxygens (including phenoxy) is 1. The first-order chi connectivity index (χ1) is 7.74. The molecule has 0 atom stereocenters. The summed E-state index contributed by atoms with van der Waals surface area (Å²) in [6.45, 7) is 5.93. The van der Waals surface area contributed by atoms with Crippen LogP contribution in [0.2, 0.25) is 0 Å². The largest absolute Gasteiger partial charge is 0.495 e. The van der Waals surface area contributed by atoms with Crippen LogP contribution in [0.5, 0.6) is 5.75 Å². The van der Waals surface area contributed by atoms with Crippen LogP contribution in [0.1, 0.15) is 19.5 Å². The summed E-state index contributed by atoms with van der Waals surface area (Å²) in [5.74, 6) is 0.649. The van der Waals surface area contributed by atoms with Crippen molar-refractivity contribution in [1.82, 2.24) is 9.97 Å². The van der Waals surface area contributed by atoms with E-state index in [1.807, 2.05) is 32.9 Å². The smallest absolute Gasteiger partial charge is 0.144 e. The summed E-state index contributed by atoms with van der Waals surface area (Å²) in [6, 6.07) is 3.74. The molecule has 0 amide bonds. The van der Waals surface area contributed by atoms with Crippen molar-refractivity contribution in [2.24, 2.45) is 0 Å². The summed E-state index contributed by atoms with van der Waals surface area (Å²) < 4.78 is 5.11. The van der Waals surface area contributed by atoms with Gasteiger partial charge < -0.3 is 10.5 Å². The van der Waals surface area contributed by atoms with E-state index in [9.17, 15) is 0 Å². The molecule has 2 aromatic rings. The van der Waals surface area contributed by atoms with E-state index >= 15 is 0 Å². The second-order valence-corrected chi connectivity index (χ2v) is 3.04. The van der Waals surface area contributed by atoms with Crippen LogP contribution in [0.4, 0.5) is 5.69 Å². The van der Waals surface area contributed by atoms with Gasteiger partial charge in [-0.1, -0.05) is 13.8 Å². The normalized spacial score (nSPS) is 9.50. The molecular formula is C12H17N3O. The van der Waals surface area contributed by atoms with Gasteiger partial charge >= 0.3 is 0 Å². The van der Waals surface area contributed by atoms with Gasteiger partial charge in [-0.2, -0.15) is 0 Å². The quantitative estimate of drug-likeness (QED) is 0.749. The minimum Gasteiger partial charge on any atom is -0.495 e. The molecule has 0 bridgehead atoms. The Morgan fingerprint density at radius 3 is 2.50 bits per heavy atom. The summed E-state index contributed by atoms with van der Waals surface area (Å²) >= 11 is 0. The number of anilines is 1. The van der Waals surface area contributed by atoms with Crippen LogP contribution >= 0.6 is 0 Å². The SMILES string of the molecule is CC.COc1ccc2c(C)ncnc2c1N. The maximum Gasteiger partial charge on any atom is 0.144 e. The molecule has 0 saturated carbocycles. The predicted octanol–water partition coefficient (Wildman–Crippen LogP) is 2.56. The third-order valence-electron chi connectivity index (χ3n) is 2.22. The fraction of sp³-hybridized carbons (Fsp3) is 0.333. The zero-order valence-electron chi connectivity index (χ0n) is 10.1. The van der Waals surface area contributed by atoms with Gasteiger partial charge in [0.2, 0.25) is 0 Å². The van der Waals surface area contributed by atoms with E-state index in [0.29, 0.717) is 11.4 Å². The predicted molar refractivity (Wildman–Crippen MR) is 66.6 cm³/mol. The number of nitrogen functional groups attached to an aromatic ring is 1. The molecule has 16 heavy (non-hydrogen) atoms. The molecule has 0 spiro atoms. The number of hydrogen-bond acceptors (Lipinski definition) is 4. The number of aromatic nitrogens is 2. The molecular weight excluding hydrogens is 202 g/mol. The van der Waals surface area contributed by atoms with E-state index in [-0.39, 0.29) is 0 Å². The summed E-state index contributed by atoms with van der Waals surface area (Å²) in [5.41, 5.74) is 8.12. The van der Waals surface area contributed by atoms with Crippen LogP contribution < -0.4 is 10.5 Å². The van der Waals surface area contributed by atoms with Crippen molar-refractivity contribution in [3.8, 4) is 5.75 Å². The Labute approximate surface area is 95.5 Å². The summed E-state index contributed by atoms with van der Waals surface area (Å²) in [4.78, 5) is 8.23. The van der Waals surface area contributed by atoms with Gasteiger partial charge in [0.1, 0.15) is 23.3 Å². The summed E-state index contributed by atoms with van der Waals surface area (Å²) in [5, 5.41) is 0.964. The molecule has 2 N–H and O–H groups in total. The minimum atomic E-state index is 0.565. The van der Waals surface area contributed by atoms with Crippen LogP contribution in [0, 0.1) is 6.92 Å². The number of nitrogens with zero attached hydrogens (tertiary/aromatic N) is 2. The van der Waals surface area contributed by atoms with Crippen LogP contribution in [-0.2, 0) is 0 Å². The van der Waals surface area contributed by atoms with E-state index in [1.165, 1.54) is 6.33 Å². The summed E-state index contributed by atoms with van der Waals surface area (Å²) in [6.07, 6.45) is 1.51. The first-order valence-electron chi connectivity index (χ1n) is 5.28. The Morgan fingerprint density at radius 2 is 1.88 bits per heavy atom. The van der Waals surface area contributed by atoms with Crippen LogP contribution in [0.25, 0.3) is 10.9 Å². The van der Waals surface area contributed by atoms with Crippen molar-refractivity contribution < 1.29 is 4.74 Å². The first kappa shape index (κ1) is 12.2. The third kappa shape index (κ3) is 2.05. The molecule has 0 unspecified atom stereocenters. The fourth-order valence-corrected chi connectivity index (χ4v) is 1.44. The molecule has 1 heterocycles. The molecule has 0 aliphatic rings. The van der Waals surface area contributed by atoms with Crippen molar-refractivity contribution >= 4 is 16.6 Å². The fourth-order valence-electron chi connectivity index (χ4n) is 1.44. The maximum absolute atomic E-state index is 5.88. The van der Waals surface area contributed by atoms with Gasteiger partial charge in [-0.25, -0.2) is 9.97 Å². The van der Waals surface area contributed by atoms with Crippen molar-refractivity contribution in [3.63, 3.8) is 0 Å². The number of methoxy groups -OCH3 is 1. The highest BCUT2D eigenvalue weighted by Gasteiger charge is 2.07. The molecule has 0 aliphatic heterocycles. The van der Waals surface area contributed by atoms with Crippen molar-refractivity contribution in [2.75, 3.05) is 12.8 Å². The second kappa shape index (κ2) is 5.30. The van der Waals surface area contributed by atoms with E-state index in [4.69, 9.17) is 10.5 Å². The lowest BCUT2D eigenvalue weighted by Crippen LogP contribution is -1.96. The lowest BCUT2D eigenvalue weighted by Gasteiger charge is -2.07. The van der Waals surface area contributed by atoms with E-state index < -0.39 is 0 Å². The number of rotatable bonds is 1. The molecule has 86 valence electrons. The van der Waals surface area contributed by atoms with E-state index in [2.05, 4.69) is 9.97 Å². The third-order valence-corrected chi connectivity index (χ3v) is 2.22. The monoisotopic (exact) mass is 219 g/mol. The van der Waals surface area contributed by atoms with E-state index in [1.54, 1.807) is 7.11 Å². The number of nitrogens with two attached hydrogens (primary N) is 1. The highest BCUT2D eigenvalue weighted by molar-refractivity contribution is 5.93. The molecule has 4 nitrogen and oxygen atoms in total. The van der Waals surface area contributed by atoms with E-state index in [0.717, 1.165) is 16.6 Å². The lowest BCUT2D eigenvalue weighted by molar-refractivity contribution is 0.417. The van der Waals surface area contributed by atoms with Crippen molar-refractivity contribution in [1.29, 1.82) is 0 Å². The van der Waals surface area contributed by atoms with Gasteiger partial charge in [-0.3, -0.25) is 0 Å². The number of benzene rings is 1. The molecule has 0 radical (unpaired) electrons. The van der Waals surface area contributed by atoms with Gasteiger partial charge in [0.25, 0.3) is 0 Å². The maximum atomic E-state index is 5.88. The summed E-state index contributed by atoms with van der Waals surface area (Å²) in [7, 11) is 1.59. The lowest BCUT2D eigenvalue weighted by atomic mass is 10.1. The average Bonchev–Trinajstić information content (AvgIpc) is 2.33. The Morgan fingerprint density at radius 1 is 1.19 bits per heavy atom. The molecule has 0 saturated heterocycles. The molecule has 4 heteroatoms. The van der Waals surface area contributed by atoms with Gasteiger partial charge in [0, 0.05) is 11.1 Å². The zero-order chi connectivity index (χ0) is 12.1. The van der Waals surface area contributed by atoms with Gasteiger partial charge in [0.05, 0.1) is 7.11 Å². The topological polar surface area (TPSA) is 61.0 Å². The second-order valence-electron chi connectivity index (χ2n) is 3.04. The molecule has 1 aromatic carbocycles. The molecule has 1 aromatic heterocycles. The number of fused-ring (bicyclic) bond motifs is 1. The standard InChI is InChI=1S/C10H11N3O.C2H6/c1-6-7-3-4-8(14-2)9(11)10(7)13-5-12-6;1-2/h3-5H,11H2,1-2H3;1-2H3. The van der Waals surface area contributed by atoms with Crippen molar-refractivity contribution in [3.05, 3.63) is 24.2 Å². The van der Waals surface area contributed by atoms with Gasteiger partial charge in [-0.05, 0) is 19.1 Å². The Kier molecular flexibility index (Phi) is 4.05. The Hall–Kier alpha value is -1.84. The van der Waals surface area contributed by atoms with Gasteiger partial charge in [-0.15, -0.1) is 0 Å². The zero-order valence-corrected chi connectivity index (χ0v) is 10.1. The van der Waals surface area contributed by atoms with Crippen LogP contribution in [0.3, 0.4) is 0 Å². The average molecular weight is 219 g/mol. The van der Waals surface area contributed by atoms with Crippen LogP contribution in [-0.4, -0.2) is 17.1 Å². The molecule has 0 fully saturated rings. The number of aryl methyl sites for hydroxylation is 1. The first-order valence-corrected chi connectivity index (χ1v) is 5.28. The molecule has 2 rings (SSSR count). The number of hydrogen-bond donors (Lipinski definition) is 1. The minimum absolute atomic E-state index is 0.565. The highest BCUT2D eigenvalue weighted by Crippen LogP contribution is 2.29. The Balaban J connectivity index is 0.000000606. The van der Waals surface area contributed by atoms with Gasteiger partial charge in [0.15, 0.2) is 0 Å². The highest BCUT2D eigenvalue weighted by atomic mass is 16.5.